The number of nitrogens with one attached hydrogen (secondary N) is 1. The van der Waals surface area contributed by atoms with Crippen LogP contribution >= 0.6 is 0 Å². The van der Waals surface area contributed by atoms with E-state index in [0.717, 1.165) is 43.8 Å². The molecule has 3 fully saturated rings. The maximum Gasteiger partial charge on any atom is 0.0495 e. The molecule has 0 aromatic carbocycles. The normalized spacial score (nSPS) is 39.6. The van der Waals surface area contributed by atoms with Crippen LogP contribution in [0.3, 0.4) is 0 Å². The Morgan fingerprint density at radius 2 is 1.95 bits per heavy atom. The Balaban J connectivity index is 1.52. The highest BCUT2D eigenvalue weighted by atomic mass is 16.5. The summed E-state index contributed by atoms with van der Waals surface area (Å²) in [5.41, 5.74) is 0. The van der Waals surface area contributed by atoms with Crippen molar-refractivity contribution in [2.24, 2.45) is 5.92 Å². The predicted molar refractivity (Wildman–Crippen MR) is 78.4 cm³/mol. The van der Waals surface area contributed by atoms with E-state index in [1.165, 1.54) is 51.5 Å². The molecule has 2 bridgehead atoms. The van der Waals surface area contributed by atoms with Gasteiger partial charge in [0.2, 0.25) is 0 Å². The van der Waals surface area contributed by atoms with Crippen molar-refractivity contribution < 1.29 is 4.74 Å². The molecule has 110 valence electrons. The topological polar surface area (TPSA) is 24.5 Å². The van der Waals surface area contributed by atoms with Gasteiger partial charge in [-0.1, -0.05) is 13.3 Å². The van der Waals surface area contributed by atoms with E-state index >= 15 is 0 Å². The molecule has 3 saturated heterocycles. The van der Waals surface area contributed by atoms with Gasteiger partial charge in [-0.3, -0.25) is 4.90 Å². The van der Waals surface area contributed by atoms with Gasteiger partial charge < -0.3 is 10.1 Å². The Morgan fingerprint density at radius 1 is 1.16 bits per heavy atom. The van der Waals surface area contributed by atoms with Crippen LogP contribution in [0.1, 0.15) is 51.9 Å². The fraction of sp³-hybridized carbons (Fsp3) is 1.00. The minimum atomic E-state index is 0.784. The third-order valence-corrected chi connectivity index (χ3v) is 5.44. The number of hydrogen-bond donors (Lipinski definition) is 1. The maximum absolute atomic E-state index is 5.51. The molecule has 3 aliphatic rings. The van der Waals surface area contributed by atoms with Gasteiger partial charge in [0.05, 0.1) is 0 Å². The van der Waals surface area contributed by atoms with Gasteiger partial charge in [0.15, 0.2) is 0 Å². The zero-order valence-corrected chi connectivity index (χ0v) is 12.4. The molecule has 3 aliphatic heterocycles. The first-order valence-electron chi connectivity index (χ1n) is 8.43. The van der Waals surface area contributed by atoms with Gasteiger partial charge in [0.1, 0.15) is 0 Å². The van der Waals surface area contributed by atoms with Crippen molar-refractivity contribution in [3.05, 3.63) is 0 Å². The lowest BCUT2D eigenvalue weighted by Gasteiger charge is -2.49. The fourth-order valence-corrected chi connectivity index (χ4v) is 4.44. The van der Waals surface area contributed by atoms with Crippen molar-refractivity contribution >= 4 is 0 Å². The lowest BCUT2D eigenvalue weighted by atomic mass is 9.81. The minimum Gasteiger partial charge on any atom is -0.381 e. The predicted octanol–water partition coefficient (Wildman–Crippen LogP) is 2.41. The molecule has 3 heteroatoms. The second-order valence-electron chi connectivity index (χ2n) is 6.72. The third kappa shape index (κ3) is 3.32. The van der Waals surface area contributed by atoms with Crippen LogP contribution in [0.4, 0.5) is 0 Å². The fourth-order valence-electron chi connectivity index (χ4n) is 4.44. The molecule has 1 N–H and O–H groups in total. The van der Waals surface area contributed by atoms with Crippen LogP contribution in [0.15, 0.2) is 0 Å². The summed E-state index contributed by atoms with van der Waals surface area (Å²) in [7, 11) is 0. The zero-order chi connectivity index (χ0) is 13.1. The molecule has 0 aliphatic carbocycles. The number of ether oxygens (including phenoxy) is 1. The first kappa shape index (κ1) is 13.8. The highest BCUT2D eigenvalue weighted by Crippen LogP contribution is 2.34. The first-order valence-corrected chi connectivity index (χ1v) is 8.43. The smallest absolute Gasteiger partial charge is 0.0495 e. The largest absolute Gasteiger partial charge is 0.381 e. The SMILES string of the molecule is CCNC1CC2CCCC(C1)N2CCC1CCOC1. The van der Waals surface area contributed by atoms with Gasteiger partial charge in [0, 0.05) is 31.3 Å². The molecule has 3 rings (SSSR count). The molecule has 0 amide bonds. The van der Waals surface area contributed by atoms with E-state index in [1.54, 1.807) is 0 Å². The number of piperidine rings is 2. The number of nitrogens with zero attached hydrogens (tertiary/aromatic N) is 1. The summed E-state index contributed by atoms with van der Waals surface area (Å²) < 4.78 is 5.51. The second kappa shape index (κ2) is 6.55. The van der Waals surface area contributed by atoms with Crippen LogP contribution < -0.4 is 5.32 Å². The number of rotatable bonds is 5. The van der Waals surface area contributed by atoms with E-state index in [0.29, 0.717) is 0 Å². The van der Waals surface area contributed by atoms with Gasteiger partial charge in [-0.15, -0.1) is 0 Å². The van der Waals surface area contributed by atoms with Crippen molar-refractivity contribution in [1.82, 2.24) is 10.2 Å². The molecule has 0 spiro atoms. The molecular formula is C16H30N2O. The molecule has 3 atom stereocenters. The highest BCUT2D eigenvalue weighted by molar-refractivity contribution is 4.95. The molecule has 3 nitrogen and oxygen atoms in total. The summed E-state index contributed by atoms with van der Waals surface area (Å²) in [5.74, 6) is 0.840. The summed E-state index contributed by atoms with van der Waals surface area (Å²) in [6.45, 7) is 6.71. The monoisotopic (exact) mass is 266 g/mol. The summed E-state index contributed by atoms with van der Waals surface area (Å²) in [4.78, 5) is 2.86. The van der Waals surface area contributed by atoms with Crippen molar-refractivity contribution in [2.75, 3.05) is 26.3 Å². The Morgan fingerprint density at radius 3 is 2.58 bits per heavy atom. The van der Waals surface area contributed by atoms with E-state index < -0.39 is 0 Å². The Bertz CT molecular complexity index is 264. The molecule has 3 unspecified atom stereocenters. The third-order valence-electron chi connectivity index (χ3n) is 5.44. The highest BCUT2D eigenvalue weighted by Gasteiger charge is 2.37. The van der Waals surface area contributed by atoms with Gasteiger partial charge in [0.25, 0.3) is 0 Å². The second-order valence-corrected chi connectivity index (χ2v) is 6.72. The van der Waals surface area contributed by atoms with Gasteiger partial charge in [-0.2, -0.15) is 0 Å². The maximum atomic E-state index is 5.51. The summed E-state index contributed by atoms with van der Waals surface area (Å²) >= 11 is 0. The van der Waals surface area contributed by atoms with Crippen LogP contribution in [-0.4, -0.2) is 49.3 Å². The van der Waals surface area contributed by atoms with Gasteiger partial charge >= 0.3 is 0 Å². The van der Waals surface area contributed by atoms with Crippen LogP contribution in [0.25, 0.3) is 0 Å². The molecule has 0 aromatic heterocycles. The van der Waals surface area contributed by atoms with Crippen molar-refractivity contribution in [3.8, 4) is 0 Å². The quantitative estimate of drug-likeness (QED) is 0.827. The standard InChI is InChI=1S/C16H30N2O/c1-2-17-14-10-15-4-3-5-16(11-14)18(15)8-6-13-7-9-19-12-13/h13-17H,2-12H2,1H3. The Kier molecular flexibility index (Phi) is 4.78. The van der Waals surface area contributed by atoms with E-state index in [9.17, 15) is 0 Å². The molecule has 0 aromatic rings. The van der Waals surface area contributed by atoms with Crippen LogP contribution in [-0.2, 0) is 4.74 Å². The molecule has 19 heavy (non-hydrogen) atoms. The zero-order valence-electron chi connectivity index (χ0n) is 12.4. The Hall–Kier alpha value is -0.120. The lowest BCUT2D eigenvalue weighted by Crippen LogP contribution is -2.56. The van der Waals surface area contributed by atoms with Crippen LogP contribution in [0.5, 0.6) is 0 Å². The molecule has 0 saturated carbocycles. The van der Waals surface area contributed by atoms with Crippen molar-refractivity contribution in [2.45, 2.75) is 70.0 Å². The number of fused-ring (bicyclic) bond motifs is 2. The Labute approximate surface area is 118 Å². The van der Waals surface area contributed by atoms with Gasteiger partial charge in [-0.25, -0.2) is 0 Å². The molecule has 0 radical (unpaired) electrons. The molecule has 3 heterocycles. The molecular weight excluding hydrogens is 236 g/mol. The van der Waals surface area contributed by atoms with E-state index in [4.69, 9.17) is 4.74 Å². The van der Waals surface area contributed by atoms with Gasteiger partial charge in [-0.05, 0) is 57.5 Å². The van der Waals surface area contributed by atoms with Crippen LogP contribution in [0, 0.1) is 5.92 Å². The average molecular weight is 266 g/mol. The average Bonchev–Trinajstić information content (AvgIpc) is 2.89. The van der Waals surface area contributed by atoms with E-state index in [2.05, 4.69) is 17.1 Å². The summed E-state index contributed by atoms with van der Waals surface area (Å²) in [6.07, 6.45) is 9.73. The van der Waals surface area contributed by atoms with E-state index in [-0.39, 0.29) is 0 Å². The van der Waals surface area contributed by atoms with Crippen molar-refractivity contribution in [3.63, 3.8) is 0 Å². The minimum absolute atomic E-state index is 0.784. The summed E-state index contributed by atoms with van der Waals surface area (Å²) in [5, 5.41) is 3.68. The lowest BCUT2D eigenvalue weighted by molar-refractivity contribution is 0.0202. The van der Waals surface area contributed by atoms with Crippen LogP contribution in [0.2, 0.25) is 0 Å². The number of hydrogen-bond acceptors (Lipinski definition) is 3. The van der Waals surface area contributed by atoms with Crippen molar-refractivity contribution in [1.29, 1.82) is 0 Å². The first-order chi connectivity index (χ1) is 9.36. The van der Waals surface area contributed by atoms with E-state index in [1.807, 2.05) is 0 Å². The summed E-state index contributed by atoms with van der Waals surface area (Å²) in [6, 6.07) is 2.50.